The van der Waals surface area contributed by atoms with Gasteiger partial charge in [-0.2, -0.15) is 0 Å². The molecule has 3 heteroatoms. The normalized spacial score (nSPS) is 20.6. The van der Waals surface area contributed by atoms with E-state index in [0.717, 1.165) is 0 Å². The zero-order chi connectivity index (χ0) is 17.6. The Kier molecular flexibility index (Phi) is 4.18. The van der Waals surface area contributed by atoms with Gasteiger partial charge in [-0.25, -0.2) is 0 Å². The summed E-state index contributed by atoms with van der Waals surface area (Å²) in [6, 6.07) is 11.8. The van der Waals surface area contributed by atoms with Gasteiger partial charge in [-0.1, -0.05) is 38.8 Å². The number of hydrogen-bond donors (Lipinski definition) is 0. The number of para-hydroxylation sites is 2. The van der Waals surface area contributed by atoms with E-state index in [4.69, 9.17) is 4.98 Å². The lowest BCUT2D eigenvalue weighted by molar-refractivity contribution is 0.554. The molecule has 0 amide bonds. The fourth-order valence-electron chi connectivity index (χ4n) is 4.57. The lowest BCUT2D eigenvalue weighted by Crippen LogP contribution is -2.44. The molecule has 0 saturated heterocycles. The van der Waals surface area contributed by atoms with Crippen molar-refractivity contribution < 1.29 is 0 Å². The Bertz CT molecular complexity index is 762. The fourth-order valence-corrected chi connectivity index (χ4v) is 4.57. The molecule has 0 N–H and O–H groups in total. The first kappa shape index (κ1) is 16.4. The number of anilines is 3. The number of aryl methyl sites for hydroxylation is 1. The number of nitrogens with zero attached hydrogens (tertiary/aromatic N) is 3. The van der Waals surface area contributed by atoms with E-state index >= 15 is 0 Å². The molecule has 1 aliphatic heterocycles. The van der Waals surface area contributed by atoms with Gasteiger partial charge in [-0.05, 0) is 56.4 Å². The molecular weight excluding hydrogens is 306 g/mol. The van der Waals surface area contributed by atoms with Gasteiger partial charge in [0.05, 0.1) is 23.3 Å². The molecule has 1 atom stereocenters. The smallest absolute Gasteiger partial charge is 0.104 e. The van der Waals surface area contributed by atoms with Gasteiger partial charge in [0, 0.05) is 11.7 Å². The highest BCUT2D eigenvalue weighted by Gasteiger charge is 2.38. The van der Waals surface area contributed by atoms with E-state index in [-0.39, 0.29) is 0 Å². The van der Waals surface area contributed by atoms with E-state index in [2.05, 4.69) is 74.0 Å². The molecule has 3 nitrogen and oxygen atoms in total. The highest BCUT2D eigenvalue weighted by Crippen LogP contribution is 2.47. The largest absolute Gasteiger partial charge is 0.346 e. The first-order chi connectivity index (χ1) is 12.1. The van der Waals surface area contributed by atoms with Crippen LogP contribution in [0, 0.1) is 6.92 Å². The van der Waals surface area contributed by atoms with Crippen molar-refractivity contribution in [2.75, 3.05) is 9.80 Å². The molecule has 0 unspecified atom stereocenters. The Morgan fingerprint density at radius 3 is 2.36 bits per heavy atom. The predicted molar refractivity (Wildman–Crippen MR) is 106 cm³/mol. The molecule has 2 aliphatic rings. The Morgan fingerprint density at radius 1 is 1.04 bits per heavy atom. The summed E-state index contributed by atoms with van der Waals surface area (Å²) in [5.41, 5.74) is 6.44. The molecule has 1 saturated carbocycles. The number of fused-ring (bicyclic) bond motifs is 1. The van der Waals surface area contributed by atoms with Crippen LogP contribution < -0.4 is 9.80 Å². The molecule has 1 aromatic heterocycles. The number of hydrogen-bond acceptors (Lipinski definition) is 3. The second-order valence-corrected chi connectivity index (χ2v) is 7.89. The SMILES string of the molecule is Cc1cc(C(C)C)ncc1N1c2ccccc2N(C2CCCC2)[C@H]1C. The third kappa shape index (κ3) is 2.70. The van der Waals surface area contributed by atoms with Gasteiger partial charge in [0.1, 0.15) is 6.17 Å². The first-order valence-corrected chi connectivity index (χ1v) is 9.71. The van der Waals surface area contributed by atoms with Gasteiger partial charge in [0.15, 0.2) is 0 Å². The number of pyridine rings is 1. The highest BCUT2D eigenvalue weighted by atomic mass is 15.4. The lowest BCUT2D eigenvalue weighted by atomic mass is 10.1. The van der Waals surface area contributed by atoms with E-state index in [0.29, 0.717) is 18.1 Å². The minimum Gasteiger partial charge on any atom is -0.346 e. The van der Waals surface area contributed by atoms with Crippen molar-refractivity contribution in [1.82, 2.24) is 4.98 Å². The number of aromatic nitrogens is 1. The van der Waals surface area contributed by atoms with Crippen molar-refractivity contribution in [3.05, 3.63) is 47.8 Å². The molecule has 0 radical (unpaired) electrons. The second-order valence-electron chi connectivity index (χ2n) is 7.89. The van der Waals surface area contributed by atoms with Crippen LogP contribution in [-0.2, 0) is 0 Å². The topological polar surface area (TPSA) is 19.4 Å². The number of benzene rings is 1. The second kappa shape index (κ2) is 6.36. The molecule has 132 valence electrons. The summed E-state index contributed by atoms with van der Waals surface area (Å²) >= 11 is 0. The molecule has 0 spiro atoms. The molecule has 2 aromatic rings. The molecule has 1 aliphatic carbocycles. The average molecular weight is 335 g/mol. The van der Waals surface area contributed by atoms with Gasteiger partial charge >= 0.3 is 0 Å². The molecule has 4 rings (SSSR count). The molecule has 25 heavy (non-hydrogen) atoms. The highest BCUT2D eigenvalue weighted by molar-refractivity contribution is 5.84. The van der Waals surface area contributed by atoms with Crippen LogP contribution in [0.2, 0.25) is 0 Å². The van der Waals surface area contributed by atoms with E-state index in [9.17, 15) is 0 Å². The summed E-state index contributed by atoms with van der Waals surface area (Å²) in [6.45, 7) is 8.97. The van der Waals surface area contributed by atoms with Gasteiger partial charge in [-0.3, -0.25) is 4.98 Å². The van der Waals surface area contributed by atoms with Crippen LogP contribution in [-0.4, -0.2) is 17.2 Å². The maximum atomic E-state index is 4.75. The Hall–Kier alpha value is -2.03. The zero-order valence-electron chi connectivity index (χ0n) is 15.9. The molecule has 2 heterocycles. The van der Waals surface area contributed by atoms with Crippen LogP contribution in [0.4, 0.5) is 17.1 Å². The van der Waals surface area contributed by atoms with Crippen LogP contribution in [0.15, 0.2) is 36.5 Å². The summed E-state index contributed by atoms with van der Waals surface area (Å²) in [5.74, 6) is 0.464. The number of rotatable bonds is 3. The van der Waals surface area contributed by atoms with Crippen LogP contribution >= 0.6 is 0 Å². The van der Waals surface area contributed by atoms with Crippen LogP contribution in [0.5, 0.6) is 0 Å². The summed E-state index contributed by atoms with van der Waals surface area (Å²) < 4.78 is 0. The van der Waals surface area contributed by atoms with Crippen molar-refractivity contribution in [2.45, 2.75) is 71.5 Å². The van der Waals surface area contributed by atoms with Crippen molar-refractivity contribution in [1.29, 1.82) is 0 Å². The first-order valence-electron chi connectivity index (χ1n) is 9.71. The predicted octanol–water partition coefficient (Wildman–Crippen LogP) is 5.76. The quantitative estimate of drug-likeness (QED) is 0.711. The maximum absolute atomic E-state index is 4.75. The van der Waals surface area contributed by atoms with E-state index in [1.165, 1.54) is 54.0 Å². The van der Waals surface area contributed by atoms with Gasteiger partial charge < -0.3 is 9.80 Å². The van der Waals surface area contributed by atoms with Crippen LogP contribution in [0.25, 0.3) is 0 Å². The van der Waals surface area contributed by atoms with Crippen molar-refractivity contribution >= 4 is 17.1 Å². The molecule has 0 bridgehead atoms. The van der Waals surface area contributed by atoms with Gasteiger partial charge in [0.2, 0.25) is 0 Å². The van der Waals surface area contributed by atoms with Gasteiger partial charge in [0.25, 0.3) is 0 Å². The van der Waals surface area contributed by atoms with E-state index in [1.54, 1.807) is 0 Å². The van der Waals surface area contributed by atoms with Crippen molar-refractivity contribution in [3.63, 3.8) is 0 Å². The van der Waals surface area contributed by atoms with E-state index in [1.807, 2.05) is 0 Å². The summed E-state index contributed by atoms with van der Waals surface area (Å²) in [6.07, 6.45) is 7.77. The Morgan fingerprint density at radius 2 is 1.72 bits per heavy atom. The van der Waals surface area contributed by atoms with Crippen LogP contribution in [0.3, 0.4) is 0 Å². The molecule has 1 aromatic carbocycles. The molecular formula is C22H29N3. The summed E-state index contributed by atoms with van der Waals surface area (Å²) in [4.78, 5) is 9.89. The zero-order valence-corrected chi connectivity index (χ0v) is 15.9. The third-order valence-corrected chi connectivity index (χ3v) is 5.87. The molecule has 1 fully saturated rings. The average Bonchev–Trinajstić information content (AvgIpc) is 3.20. The third-order valence-electron chi connectivity index (χ3n) is 5.87. The Labute approximate surface area is 151 Å². The summed E-state index contributed by atoms with van der Waals surface area (Å²) in [7, 11) is 0. The fraction of sp³-hybridized carbons (Fsp3) is 0.500. The van der Waals surface area contributed by atoms with E-state index < -0.39 is 0 Å². The van der Waals surface area contributed by atoms with Crippen molar-refractivity contribution in [3.8, 4) is 0 Å². The maximum Gasteiger partial charge on any atom is 0.104 e. The standard InChI is InChI=1S/C22H29N3/c1-15(2)19-13-16(3)22(14-23-19)25-17(4)24(18-9-5-6-10-18)20-11-7-8-12-21(20)25/h7-8,11-15,17-18H,5-6,9-10H2,1-4H3/t17-/m1/s1. The minimum atomic E-state index is 0.339. The lowest BCUT2D eigenvalue weighted by Gasteiger charge is -2.35. The minimum absolute atomic E-state index is 0.339. The van der Waals surface area contributed by atoms with Crippen molar-refractivity contribution in [2.24, 2.45) is 0 Å². The van der Waals surface area contributed by atoms with Crippen LogP contribution in [0.1, 0.15) is 63.6 Å². The summed E-state index contributed by atoms with van der Waals surface area (Å²) in [5, 5.41) is 0. The Balaban J connectivity index is 1.77. The monoisotopic (exact) mass is 335 g/mol. The van der Waals surface area contributed by atoms with Gasteiger partial charge in [-0.15, -0.1) is 0 Å².